The molecule has 4 aromatic heterocycles. The number of H-pyrrole nitrogens is 2. The summed E-state index contributed by atoms with van der Waals surface area (Å²) in [6.45, 7) is 5.21. The molecule has 2 fully saturated rings. The molecule has 0 unspecified atom stereocenters. The molecule has 0 amide bonds. The molecule has 40 heavy (non-hydrogen) atoms. The van der Waals surface area contributed by atoms with Crippen molar-refractivity contribution in [1.82, 2.24) is 39.8 Å². The van der Waals surface area contributed by atoms with Crippen molar-refractivity contribution in [2.45, 2.75) is 25.4 Å². The highest BCUT2D eigenvalue weighted by molar-refractivity contribution is 5.95. The topological polar surface area (TPSA) is 92.3 Å². The molecule has 3 aliphatic rings. The first-order chi connectivity index (χ1) is 19.4. The van der Waals surface area contributed by atoms with Gasteiger partial charge in [0, 0.05) is 92.2 Å². The molecule has 0 bridgehead atoms. The fourth-order valence-electron chi connectivity index (χ4n) is 5.85. The zero-order valence-electron chi connectivity index (χ0n) is 22.4. The number of likely N-dealkylation sites (N-methyl/N-ethyl adjacent to an activating group) is 1. The van der Waals surface area contributed by atoms with Gasteiger partial charge >= 0.3 is 0 Å². The van der Waals surface area contributed by atoms with Crippen LogP contribution in [0.15, 0.2) is 47.9 Å². The van der Waals surface area contributed by atoms with Gasteiger partial charge in [0.25, 0.3) is 5.92 Å². The van der Waals surface area contributed by atoms with Crippen LogP contribution in [0.3, 0.4) is 0 Å². The van der Waals surface area contributed by atoms with Crippen molar-refractivity contribution in [2.24, 2.45) is 4.99 Å². The van der Waals surface area contributed by atoms with E-state index >= 15 is 0 Å². The molecule has 206 valence electrons. The molecule has 9 nitrogen and oxygen atoms in total. The number of rotatable bonds is 5. The number of likely N-dealkylation sites (tertiary alicyclic amines) is 1. The highest BCUT2D eigenvalue weighted by Crippen LogP contribution is 2.34. The maximum Gasteiger partial charge on any atom is 0.261 e. The number of allylic oxidation sites excluding steroid dienone is 1. The Morgan fingerprint density at radius 2 is 1.90 bits per heavy atom. The molecular weight excluding hydrogens is 512 g/mol. The average Bonchev–Trinajstić information content (AvgIpc) is 3.62. The lowest BCUT2D eigenvalue weighted by atomic mass is 10.1. The van der Waals surface area contributed by atoms with Gasteiger partial charge in [-0.15, -0.1) is 0 Å². The highest BCUT2D eigenvalue weighted by Gasteiger charge is 2.38. The molecule has 0 spiro atoms. The summed E-state index contributed by atoms with van der Waals surface area (Å²) in [5, 5.41) is 8.71. The molecule has 7 rings (SSSR count). The summed E-state index contributed by atoms with van der Waals surface area (Å²) in [4.78, 5) is 23.7. The Balaban J connectivity index is 1.19. The summed E-state index contributed by atoms with van der Waals surface area (Å²) in [7, 11) is 2.16. The van der Waals surface area contributed by atoms with E-state index in [4.69, 9.17) is 0 Å². The van der Waals surface area contributed by atoms with Gasteiger partial charge in [0.15, 0.2) is 0 Å². The molecule has 7 heterocycles. The lowest BCUT2D eigenvalue weighted by Gasteiger charge is -2.35. The fourth-order valence-corrected chi connectivity index (χ4v) is 5.85. The fraction of sp³-hybridized carbons (Fsp3) is 0.379. The second-order valence-corrected chi connectivity index (χ2v) is 11.0. The van der Waals surface area contributed by atoms with Crippen LogP contribution in [0.5, 0.6) is 0 Å². The van der Waals surface area contributed by atoms with Crippen molar-refractivity contribution in [3.8, 4) is 22.6 Å². The minimum atomic E-state index is -2.61. The van der Waals surface area contributed by atoms with Crippen molar-refractivity contribution in [1.29, 1.82) is 0 Å². The number of alkyl halides is 2. The van der Waals surface area contributed by atoms with E-state index in [1.54, 1.807) is 23.5 Å². The van der Waals surface area contributed by atoms with Gasteiger partial charge < -0.3 is 14.8 Å². The van der Waals surface area contributed by atoms with Crippen LogP contribution in [-0.4, -0.2) is 98.3 Å². The summed E-state index contributed by atoms with van der Waals surface area (Å²) in [5.41, 5.74) is 8.48. The Morgan fingerprint density at radius 1 is 1.02 bits per heavy atom. The van der Waals surface area contributed by atoms with Crippen LogP contribution in [0.2, 0.25) is 0 Å². The van der Waals surface area contributed by atoms with Crippen molar-refractivity contribution >= 4 is 22.8 Å². The number of hydrogen-bond donors (Lipinski definition) is 2. The Hall–Kier alpha value is -3.96. The van der Waals surface area contributed by atoms with E-state index in [1.165, 1.54) is 5.70 Å². The van der Waals surface area contributed by atoms with Crippen LogP contribution >= 0.6 is 0 Å². The van der Waals surface area contributed by atoms with E-state index in [0.29, 0.717) is 19.6 Å². The smallest absolute Gasteiger partial charge is 0.261 e. The standard InChI is InChI=1S/C29H31F2N9/c1-38-6-8-40(9-7-38)27-2-4-32-15-25-21(27)11-24(35-25)28-22-12-23(34-16-26(22)36-37-28)20-10-19(13-33-14-20)17-39-5-3-29(30,31)18-39/h2,4,10-14,16,35H,3,5-9,15,17-18H2,1H3,(H,36,37). The lowest BCUT2D eigenvalue weighted by Crippen LogP contribution is -2.43. The van der Waals surface area contributed by atoms with E-state index in [-0.39, 0.29) is 13.0 Å². The van der Waals surface area contributed by atoms with Crippen LogP contribution in [0.4, 0.5) is 8.78 Å². The van der Waals surface area contributed by atoms with E-state index < -0.39 is 5.92 Å². The van der Waals surface area contributed by atoms with Crippen molar-refractivity contribution in [3.63, 3.8) is 0 Å². The van der Waals surface area contributed by atoms with Crippen molar-refractivity contribution < 1.29 is 8.78 Å². The maximum absolute atomic E-state index is 13.7. The van der Waals surface area contributed by atoms with E-state index in [9.17, 15) is 8.78 Å². The minimum absolute atomic E-state index is 0.0945. The summed E-state index contributed by atoms with van der Waals surface area (Å²) in [6, 6.07) is 6.18. The van der Waals surface area contributed by atoms with Gasteiger partial charge in [-0.2, -0.15) is 5.10 Å². The lowest BCUT2D eigenvalue weighted by molar-refractivity contribution is 0.0115. The number of piperazine rings is 1. The van der Waals surface area contributed by atoms with Crippen LogP contribution in [0.25, 0.3) is 39.2 Å². The second kappa shape index (κ2) is 9.90. The minimum Gasteiger partial charge on any atom is -0.368 e. The molecule has 3 aliphatic heterocycles. The molecule has 2 saturated heterocycles. The van der Waals surface area contributed by atoms with Gasteiger partial charge in [-0.05, 0) is 36.9 Å². The predicted octanol–water partition coefficient (Wildman–Crippen LogP) is 4.03. The number of nitrogens with zero attached hydrogens (tertiary/aromatic N) is 7. The number of nitrogens with one attached hydrogen (secondary N) is 2. The number of hydrogen-bond acceptors (Lipinski definition) is 7. The first kappa shape index (κ1) is 25.0. The third-order valence-electron chi connectivity index (χ3n) is 8.05. The quantitative estimate of drug-likeness (QED) is 0.395. The number of pyridine rings is 2. The van der Waals surface area contributed by atoms with E-state index in [2.05, 4.69) is 59.1 Å². The number of halogens is 2. The largest absolute Gasteiger partial charge is 0.368 e. The Labute approximate surface area is 230 Å². The Morgan fingerprint density at radius 3 is 2.73 bits per heavy atom. The third-order valence-corrected chi connectivity index (χ3v) is 8.05. The SMILES string of the molecule is CN1CCN(C2=CC=NCc3[nH]c(-c4n[nH]c5cnc(-c6cncc(CN7CCC(F)(F)C7)c6)cc45)cc32)CC1. The van der Waals surface area contributed by atoms with Gasteiger partial charge in [-0.1, -0.05) is 0 Å². The molecule has 0 aliphatic carbocycles. The summed E-state index contributed by atoms with van der Waals surface area (Å²) in [5.74, 6) is -2.61. The zero-order valence-corrected chi connectivity index (χ0v) is 22.4. The van der Waals surface area contributed by atoms with E-state index in [1.807, 2.05) is 18.3 Å². The zero-order chi connectivity index (χ0) is 27.3. The average molecular weight is 544 g/mol. The number of aliphatic imine (C=N–C) groups is 1. The predicted molar refractivity (Wildman–Crippen MR) is 151 cm³/mol. The molecule has 4 aromatic rings. The molecule has 2 N–H and O–H groups in total. The molecule has 0 aromatic carbocycles. The molecule has 0 radical (unpaired) electrons. The number of aromatic amines is 2. The normalized spacial score (nSPS) is 19.7. The van der Waals surface area contributed by atoms with Gasteiger partial charge in [-0.25, -0.2) is 8.78 Å². The second-order valence-electron chi connectivity index (χ2n) is 11.0. The first-order valence-electron chi connectivity index (χ1n) is 13.7. The molecule has 0 saturated carbocycles. The molecule has 0 atom stereocenters. The van der Waals surface area contributed by atoms with Gasteiger partial charge in [-0.3, -0.25) is 25.0 Å². The van der Waals surface area contributed by atoms with Crippen LogP contribution < -0.4 is 0 Å². The van der Waals surface area contributed by atoms with E-state index in [0.717, 1.165) is 76.5 Å². The van der Waals surface area contributed by atoms with Crippen LogP contribution in [-0.2, 0) is 13.1 Å². The number of fused-ring (bicyclic) bond motifs is 2. The first-order valence-corrected chi connectivity index (χ1v) is 13.7. The molecule has 11 heteroatoms. The number of aromatic nitrogens is 5. The van der Waals surface area contributed by atoms with Crippen molar-refractivity contribution in [2.75, 3.05) is 46.3 Å². The Bertz CT molecular complexity index is 1610. The van der Waals surface area contributed by atoms with Gasteiger partial charge in [0.05, 0.1) is 36.2 Å². The summed E-state index contributed by atoms with van der Waals surface area (Å²) < 4.78 is 27.3. The monoisotopic (exact) mass is 543 g/mol. The van der Waals surface area contributed by atoms with Crippen LogP contribution in [0.1, 0.15) is 23.2 Å². The third kappa shape index (κ3) is 4.79. The van der Waals surface area contributed by atoms with Gasteiger partial charge in [0.2, 0.25) is 0 Å². The molecular formula is C29H31F2N9. The van der Waals surface area contributed by atoms with Crippen LogP contribution in [0, 0.1) is 0 Å². The Kier molecular flexibility index (Phi) is 6.20. The summed E-state index contributed by atoms with van der Waals surface area (Å²) in [6.07, 6.45) is 9.20. The van der Waals surface area contributed by atoms with Crippen molar-refractivity contribution in [3.05, 3.63) is 59.7 Å². The summed E-state index contributed by atoms with van der Waals surface area (Å²) >= 11 is 0. The maximum atomic E-state index is 13.7. The van der Waals surface area contributed by atoms with Gasteiger partial charge in [0.1, 0.15) is 5.69 Å². The highest BCUT2D eigenvalue weighted by atomic mass is 19.3.